The van der Waals surface area contributed by atoms with Crippen LogP contribution in [0.25, 0.3) is 10.9 Å². The van der Waals surface area contributed by atoms with Crippen LogP contribution >= 0.6 is 0 Å². The number of rotatable bonds is 4. The molecule has 28 heavy (non-hydrogen) atoms. The molecule has 2 aromatic rings. The van der Waals surface area contributed by atoms with Crippen LogP contribution in [0.4, 0.5) is 10.1 Å². The van der Waals surface area contributed by atoms with Crippen molar-refractivity contribution in [1.82, 2.24) is 4.57 Å². The summed E-state index contributed by atoms with van der Waals surface area (Å²) < 4.78 is 22.8. The van der Waals surface area contributed by atoms with E-state index in [1.54, 1.807) is 4.57 Å². The summed E-state index contributed by atoms with van der Waals surface area (Å²) in [6.07, 6.45) is 3.30. The minimum absolute atomic E-state index is 0.0244. The van der Waals surface area contributed by atoms with Crippen molar-refractivity contribution in [3.05, 3.63) is 33.9 Å². The monoisotopic (exact) mass is 389 g/mol. The first-order chi connectivity index (χ1) is 13.3. The lowest BCUT2D eigenvalue weighted by Gasteiger charge is -2.31. The summed E-state index contributed by atoms with van der Waals surface area (Å²) in [5.41, 5.74) is 5.94. The Bertz CT molecular complexity index is 1020. The van der Waals surface area contributed by atoms with E-state index in [-0.39, 0.29) is 35.6 Å². The fourth-order valence-electron chi connectivity index (χ4n) is 4.41. The second-order valence-electron chi connectivity index (χ2n) is 7.79. The maximum Gasteiger partial charge on any atom is 0.341 e. The van der Waals surface area contributed by atoms with Crippen molar-refractivity contribution in [2.45, 2.75) is 38.8 Å². The predicted molar refractivity (Wildman–Crippen MR) is 104 cm³/mol. The zero-order valence-corrected chi connectivity index (χ0v) is 15.9. The topological polar surface area (TPSA) is 97.8 Å². The van der Waals surface area contributed by atoms with Crippen LogP contribution in [0.1, 0.15) is 43.1 Å². The lowest BCUT2D eigenvalue weighted by Crippen LogP contribution is -2.31. The third kappa shape index (κ3) is 2.74. The maximum absolute atomic E-state index is 15.2. The highest BCUT2D eigenvalue weighted by Crippen LogP contribution is 2.43. The Labute approximate surface area is 161 Å². The largest absolute Gasteiger partial charge is 0.487 e. The normalized spacial score (nSPS) is 23.9. The van der Waals surface area contributed by atoms with E-state index in [0.717, 1.165) is 18.9 Å². The van der Waals surface area contributed by atoms with Crippen molar-refractivity contribution < 1.29 is 19.0 Å². The molecule has 0 bridgehead atoms. The Morgan fingerprint density at radius 1 is 1.43 bits per heavy atom. The summed E-state index contributed by atoms with van der Waals surface area (Å²) in [5.74, 6) is -1.35. The molecule has 150 valence electrons. The Kier molecular flexibility index (Phi) is 4.53. The van der Waals surface area contributed by atoms with Gasteiger partial charge in [0.2, 0.25) is 5.43 Å². The van der Waals surface area contributed by atoms with Crippen molar-refractivity contribution in [2.75, 3.05) is 24.6 Å². The van der Waals surface area contributed by atoms with Gasteiger partial charge in [-0.2, -0.15) is 0 Å². The molecule has 8 heteroatoms. The van der Waals surface area contributed by atoms with Gasteiger partial charge in [-0.25, -0.2) is 9.18 Å². The van der Waals surface area contributed by atoms with Crippen molar-refractivity contribution in [3.8, 4) is 5.75 Å². The van der Waals surface area contributed by atoms with E-state index in [1.807, 2.05) is 11.8 Å². The number of aromatic nitrogens is 1. The molecular weight excluding hydrogens is 365 g/mol. The highest BCUT2D eigenvalue weighted by atomic mass is 19.1. The van der Waals surface area contributed by atoms with E-state index in [1.165, 1.54) is 6.20 Å². The number of carboxylic acid groups (broad SMARTS) is 1. The van der Waals surface area contributed by atoms with Gasteiger partial charge in [-0.3, -0.25) is 4.79 Å². The van der Waals surface area contributed by atoms with Crippen LogP contribution in [0.15, 0.2) is 17.1 Å². The van der Waals surface area contributed by atoms with Gasteiger partial charge in [0.15, 0.2) is 11.6 Å². The summed E-state index contributed by atoms with van der Waals surface area (Å²) in [6.45, 7) is 5.36. The molecule has 3 heterocycles. The molecule has 1 fully saturated rings. The summed E-state index contributed by atoms with van der Waals surface area (Å²) >= 11 is 0. The van der Waals surface area contributed by atoms with Gasteiger partial charge in [0.05, 0.1) is 16.9 Å². The average molecular weight is 389 g/mol. The zero-order chi connectivity index (χ0) is 20.2. The Morgan fingerprint density at radius 2 is 2.18 bits per heavy atom. The number of nitrogens with two attached hydrogens (primary N) is 1. The quantitative estimate of drug-likeness (QED) is 0.833. The van der Waals surface area contributed by atoms with Crippen LogP contribution in [0.3, 0.4) is 0 Å². The van der Waals surface area contributed by atoms with E-state index in [2.05, 4.69) is 6.92 Å². The standard InChI is InChI=1S/C20H24FN3O4/c1-3-4-11-6-23(8-15(11)22)17-14(21)5-12-16-19(17)28-9-10(2)24(16)7-13(18(12)25)20(26)27/h5,7,10-11,15H,3-4,6,8-9,22H2,1-2H3,(H,26,27)/t10-,11-,15+/m0/s1. The van der Waals surface area contributed by atoms with E-state index in [4.69, 9.17) is 10.5 Å². The smallest absolute Gasteiger partial charge is 0.341 e. The molecule has 0 unspecified atom stereocenters. The number of pyridine rings is 1. The van der Waals surface area contributed by atoms with Gasteiger partial charge in [-0.15, -0.1) is 0 Å². The number of anilines is 1. The molecule has 0 saturated carbocycles. The molecule has 0 spiro atoms. The molecule has 1 saturated heterocycles. The minimum atomic E-state index is -1.33. The van der Waals surface area contributed by atoms with Crippen LogP contribution in [-0.4, -0.2) is 41.4 Å². The number of hydrogen-bond donors (Lipinski definition) is 2. The first kappa shape index (κ1) is 18.7. The highest BCUT2D eigenvalue weighted by molar-refractivity contribution is 5.97. The molecule has 2 aliphatic rings. The van der Waals surface area contributed by atoms with Gasteiger partial charge in [0, 0.05) is 25.3 Å². The number of halogens is 1. The molecule has 1 aromatic carbocycles. The second kappa shape index (κ2) is 6.77. The van der Waals surface area contributed by atoms with Gasteiger partial charge < -0.3 is 25.0 Å². The van der Waals surface area contributed by atoms with E-state index < -0.39 is 17.2 Å². The summed E-state index contributed by atoms with van der Waals surface area (Å²) in [7, 11) is 0. The van der Waals surface area contributed by atoms with Gasteiger partial charge in [0.25, 0.3) is 0 Å². The molecule has 7 nitrogen and oxygen atoms in total. The number of carboxylic acids is 1. The first-order valence-corrected chi connectivity index (χ1v) is 9.61. The molecule has 3 atom stereocenters. The van der Waals surface area contributed by atoms with Crippen molar-refractivity contribution in [2.24, 2.45) is 11.7 Å². The summed E-state index contributed by atoms with van der Waals surface area (Å²) in [6, 6.07) is 0.904. The van der Waals surface area contributed by atoms with Crippen LogP contribution in [-0.2, 0) is 0 Å². The Morgan fingerprint density at radius 3 is 2.86 bits per heavy atom. The summed E-state index contributed by atoms with van der Waals surface area (Å²) in [4.78, 5) is 26.0. The van der Waals surface area contributed by atoms with Gasteiger partial charge in [-0.05, 0) is 25.3 Å². The van der Waals surface area contributed by atoms with Crippen molar-refractivity contribution in [1.29, 1.82) is 0 Å². The van der Waals surface area contributed by atoms with Gasteiger partial charge >= 0.3 is 5.97 Å². The minimum Gasteiger partial charge on any atom is -0.487 e. The highest BCUT2D eigenvalue weighted by Gasteiger charge is 2.35. The Balaban J connectivity index is 1.94. The molecular formula is C20H24FN3O4. The number of aromatic carboxylic acids is 1. The third-order valence-electron chi connectivity index (χ3n) is 5.84. The van der Waals surface area contributed by atoms with Crippen LogP contribution in [0, 0.1) is 11.7 Å². The second-order valence-corrected chi connectivity index (χ2v) is 7.79. The fourth-order valence-corrected chi connectivity index (χ4v) is 4.41. The predicted octanol–water partition coefficient (Wildman–Crippen LogP) is 2.36. The van der Waals surface area contributed by atoms with Crippen molar-refractivity contribution >= 4 is 22.6 Å². The molecule has 0 amide bonds. The van der Waals surface area contributed by atoms with Crippen LogP contribution in [0.5, 0.6) is 5.75 Å². The van der Waals surface area contributed by atoms with Crippen molar-refractivity contribution in [3.63, 3.8) is 0 Å². The lowest BCUT2D eigenvalue weighted by atomic mass is 9.99. The molecule has 1 aromatic heterocycles. The first-order valence-electron chi connectivity index (χ1n) is 9.61. The maximum atomic E-state index is 15.2. The lowest BCUT2D eigenvalue weighted by molar-refractivity contribution is 0.0694. The summed E-state index contributed by atoms with van der Waals surface area (Å²) in [5, 5.41) is 9.39. The molecule has 3 N–H and O–H groups in total. The molecule has 4 rings (SSSR count). The van der Waals surface area contributed by atoms with Crippen LogP contribution in [0.2, 0.25) is 0 Å². The van der Waals surface area contributed by atoms with Gasteiger partial charge in [0.1, 0.15) is 17.9 Å². The number of nitrogens with zero attached hydrogens (tertiary/aromatic N) is 2. The number of ether oxygens (including phenoxy) is 1. The molecule has 0 aliphatic carbocycles. The SMILES string of the molecule is CCC[C@H]1CN(c2c(F)cc3c(=O)c(C(=O)O)cn4c3c2OC[C@@H]4C)C[C@H]1N. The molecule has 0 radical (unpaired) electrons. The number of carbonyl (C=O) groups is 1. The zero-order valence-electron chi connectivity index (χ0n) is 15.9. The Hall–Kier alpha value is -2.61. The number of hydrogen-bond acceptors (Lipinski definition) is 5. The van der Waals surface area contributed by atoms with E-state index >= 15 is 4.39 Å². The van der Waals surface area contributed by atoms with E-state index in [9.17, 15) is 14.7 Å². The number of benzene rings is 1. The average Bonchev–Trinajstić information content (AvgIpc) is 2.99. The third-order valence-corrected chi connectivity index (χ3v) is 5.84. The van der Waals surface area contributed by atoms with E-state index in [0.29, 0.717) is 30.0 Å². The molecule has 2 aliphatic heterocycles. The van der Waals surface area contributed by atoms with Gasteiger partial charge in [-0.1, -0.05) is 13.3 Å². The fraction of sp³-hybridized carbons (Fsp3) is 0.500. The van der Waals surface area contributed by atoms with Crippen LogP contribution < -0.4 is 20.8 Å².